The SMILES string of the molecule is CCCCOCC1OC(O)C(OC(=O)c2ccccc2)[C@@H](OCCCC)[C@@H]1OCCCC. The van der Waals surface area contributed by atoms with Gasteiger partial charge in [-0.1, -0.05) is 58.2 Å². The molecule has 5 atom stereocenters. The maximum absolute atomic E-state index is 12.7. The Hall–Kier alpha value is -1.51. The van der Waals surface area contributed by atoms with Crippen LogP contribution in [0.1, 0.15) is 69.7 Å². The molecule has 0 aliphatic carbocycles. The number of hydrogen-bond donors (Lipinski definition) is 1. The van der Waals surface area contributed by atoms with Crippen LogP contribution in [0.25, 0.3) is 0 Å². The lowest BCUT2D eigenvalue weighted by Crippen LogP contribution is -2.61. The summed E-state index contributed by atoms with van der Waals surface area (Å²) in [4.78, 5) is 12.7. The molecule has 2 rings (SSSR count). The summed E-state index contributed by atoms with van der Waals surface area (Å²) in [7, 11) is 0. The van der Waals surface area contributed by atoms with Crippen molar-refractivity contribution in [2.24, 2.45) is 0 Å². The quantitative estimate of drug-likeness (QED) is 0.317. The monoisotopic (exact) mass is 452 g/mol. The Morgan fingerprint density at radius 1 is 0.875 bits per heavy atom. The molecule has 1 aliphatic heterocycles. The fraction of sp³-hybridized carbons (Fsp3) is 0.720. The van der Waals surface area contributed by atoms with Crippen molar-refractivity contribution in [1.82, 2.24) is 0 Å². The molecular weight excluding hydrogens is 412 g/mol. The zero-order valence-electron chi connectivity index (χ0n) is 19.7. The van der Waals surface area contributed by atoms with Crippen LogP contribution in [0.4, 0.5) is 0 Å². The first-order chi connectivity index (χ1) is 15.6. The van der Waals surface area contributed by atoms with E-state index >= 15 is 0 Å². The lowest BCUT2D eigenvalue weighted by molar-refractivity contribution is -0.302. The van der Waals surface area contributed by atoms with Gasteiger partial charge in [-0.05, 0) is 31.4 Å². The number of carbonyl (C=O) groups is 1. The molecule has 0 spiro atoms. The Bertz CT molecular complexity index is 624. The predicted octanol–water partition coefficient (Wildman–Crippen LogP) is 4.12. The minimum Gasteiger partial charge on any atom is -0.450 e. The number of aliphatic hydroxyl groups is 1. The molecule has 0 radical (unpaired) electrons. The van der Waals surface area contributed by atoms with Crippen molar-refractivity contribution >= 4 is 5.97 Å². The lowest BCUT2D eigenvalue weighted by atomic mass is 9.98. The van der Waals surface area contributed by atoms with Gasteiger partial charge in [0.1, 0.15) is 18.3 Å². The van der Waals surface area contributed by atoms with E-state index in [4.69, 9.17) is 23.7 Å². The van der Waals surface area contributed by atoms with E-state index in [1.165, 1.54) is 0 Å². The third-order valence-corrected chi connectivity index (χ3v) is 5.40. The van der Waals surface area contributed by atoms with Crippen LogP contribution in [0.3, 0.4) is 0 Å². The largest absolute Gasteiger partial charge is 0.450 e. The molecule has 32 heavy (non-hydrogen) atoms. The third-order valence-electron chi connectivity index (χ3n) is 5.40. The van der Waals surface area contributed by atoms with Crippen molar-refractivity contribution in [2.45, 2.75) is 90.0 Å². The Kier molecular flexibility index (Phi) is 12.8. The minimum atomic E-state index is -1.33. The van der Waals surface area contributed by atoms with E-state index in [0.29, 0.717) is 25.4 Å². The molecule has 1 aliphatic rings. The Labute approximate surface area is 192 Å². The summed E-state index contributed by atoms with van der Waals surface area (Å²) in [5, 5.41) is 10.8. The van der Waals surface area contributed by atoms with Crippen molar-refractivity contribution in [3.05, 3.63) is 35.9 Å². The van der Waals surface area contributed by atoms with Gasteiger partial charge in [0.25, 0.3) is 0 Å². The Balaban J connectivity index is 2.18. The second-order valence-corrected chi connectivity index (χ2v) is 8.11. The first-order valence-electron chi connectivity index (χ1n) is 12.0. The van der Waals surface area contributed by atoms with Crippen molar-refractivity contribution in [1.29, 1.82) is 0 Å². The van der Waals surface area contributed by atoms with E-state index < -0.39 is 36.7 Å². The number of ether oxygens (including phenoxy) is 5. The molecule has 1 heterocycles. The molecule has 7 heteroatoms. The topological polar surface area (TPSA) is 83.5 Å². The molecule has 1 aromatic rings. The van der Waals surface area contributed by atoms with Gasteiger partial charge < -0.3 is 28.8 Å². The minimum absolute atomic E-state index is 0.279. The van der Waals surface area contributed by atoms with Gasteiger partial charge in [0, 0.05) is 19.8 Å². The number of aliphatic hydroxyl groups excluding tert-OH is 1. The van der Waals surface area contributed by atoms with Gasteiger partial charge in [-0.15, -0.1) is 0 Å². The van der Waals surface area contributed by atoms with Crippen LogP contribution >= 0.6 is 0 Å². The van der Waals surface area contributed by atoms with Crippen molar-refractivity contribution in [3.8, 4) is 0 Å². The smallest absolute Gasteiger partial charge is 0.338 e. The van der Waals surface area contributed by atoms with E-state index in [1.54, 1.807) is 24.3 Å². The van der Waals surface area contributed by atoms with Gasteiger partial charge in [-0.25, -0.2) is 4.79 Å². The van der Waals surface area contributed by atoms with E-state index in [2.05, 4.69) is 20.8 Å². The number of hydrogen-bond acceptors (Lipinski definition) is 7. The highest BCUT2D eigenvalue weighted by molar-refractivity contribution is 5.89. The highest BCUT2D eigenvalue weighted by Crippen LogP contribution is 2.29. The van der Waals surface area contributed by atoms with E-state index in [0.717, 1.165) is 38.5 Å². The van der Waals surface area contributed by atoms with Crippen LogP contribution in [0.5, 0.6) is 0 Å². The second-order valence-electron chi connectivity index (χ2n) is 8.11. The van der Waals surface area contributed by atoms with Crippen LogP contribution < -0.4 is 0 Å². The van der Waals surface area contributed by atoms with Crippen LogP contribution in [0.2, 0.25) is 0 Å². The van der Waals surface area contributed by atoms with Gasteiger partial charge in [0.05, 0.1) is 12.2 Å². The van der Waals surface area contributed by atoms with Gasteiger partial charge in [0.15, 0.2) is 12.4 Å². The summed E-state index contributed by atoms with van der Waals surface area (Å²) < 4.78 is 29.6. The maximum atomic E-state index is 12.7. The van der Waals surface area contributed by atoms with Gasteiger partial charge >= 0.3 is 5.97 Å². The molecule has 0 amide bonds. The average molecular weight is 453 g/mol. The van der Waals surface area contributed by atoms with Crippen LogP contribution in [0, 0.1) is 0 Å². The fourth-order valence-corrected chi connectivity index (χ4v) is 3.49. The number of unbranched alkanes of at least 4 members (excludes halogenated alkanes) is 3. The molecule has 0 bridgehead atoms. The van der Waals surface area contributed by atoms with Crippen LogP contribution in [0.15, 0.2) is 30.3 Å². The molecule has 1 saturated heterocycles. The van der Waals surface area contributed by atoms with Crippen molar-refractivity contribution in [2.75, 3.05) is 26.4 Å². The fourth-order valence-electron chi connectivity index (χ4n) is 3.49. The Morgan fingerprint density at radius 2 is 1.47 bits per heavy atom. The number of benzene rings is 1. The van der Waals surface area contributed by atoms with Gasteiger partial charge in [0.2, 0.25) is 0 Å². The molecule has 3 unspecified atom stereocenters. The Morgan fingerprint density at radius 3 is 2.09 bits per heavy atom. The molecular formula is C25H40O7. The highest BCUT2D eigenvalue weighted by atomic mass is 16.7. The summed E-state index contributed by atoms with van der Waals surface area (Å²) in [6.07, 6.45) is 1.65. The number of carbonyl (C=O) groups excluding carboxylic acids is 1. The summed E-state index contributed by atoms with van der Waals surface area (Å²) in [6.45, 7) is 8.17. The van der Waals surface area contributed by atoms with Crippen LogP contribution in [-0.4, -0.2) is 68.2 Å². The van der Waals surface area contributed by atoms with E-state index in [-0.39, 0.29) is 6.61 Å². The summed E-state index contributed by atoms with van der Waals surface area (Å²) >= 11 is 0. The number of esters is 1. The molecule has 1 N–H and O–H groups in total. The molecule has 1 aromatic carbocycles. The number of rotatable bonds is 15. The van der Waals surface area contributed by atoms with Crippen molar-refractivity contribution in [3.63, 3.8) is 0 Å². The lowest BCUT2D eigenvalue weighted by Gasteiger charge is -2.44. The van der Waals surface area contributed by atoms with E-state index in [9.17, 15) is 9.90 Å². The zero-order chi connectivity index (χ0) is 23.2. The summed E-state index contributed by atoms with van der Waals surface area (Å²) in [6, 6.07) is 8.70. The summed E-state index contributed by atoms with van der Waals surface area (Å²) in [5.74, 6) is -0.535. The standard InChI is InChI=1S/C25H40O7/c1-4-7-15-28-18-20-21(29-16-8-5-2)22(30-17-9-6-3)23(25(27)31-20)32-24(26)19-13-11-10-12-14-19/h10-14,20-23,25,27H,4-9,15-18H2,1-3H3/t20?,21-,22+,23?,25?/m1/s1. The maximum Gasteiger partial charge on any atom is 0.338 e. The van der Waals surface area contributed by atoms with Gasteiger partial charge in [-0.3, -0.25) is 0 Å². The average Bonchev–Trinajstić information content (AvgIpc) is 2.81. The predicted molar refractivity (Wildman–Crippen MR) is 122 cm³/mol. The van der Waals surface area contributed by atoms with Crippen LogP contribution in [-0.2, 0) is 23.7 Å². The summed E-state index contributed by atoms with van der Waals surface area (Å²) in [5.41, 5.74) is 0.403. The molecule has 7 nitrogen and oxygen atoms in total. The van der Waals surface area contributed by atoms with E-state index in [1.807, 2.05) is 6.07 Å². The normalized spacial score (nSPS) is 25.6. The molecule has 1 fully saturated rings. The highest BCUT2D eigenvalue weighted by Gasteiger charge is 2.49. The van der Waals surface area contributed by atoms with Crippen molar-refractivity contribution < 1.29 is 33.6 Å². The zero-order valence-corrected chi connectivity index (χ0v) is 19.7. The second kappa shape index (κ2) is 15.3. The molecule has 0 aromatic heterocycles. The first kappa shape index (κ1) is 26.7. The third kappa shape index (κ3) is 8.45. The molecule has 182 valence electrons. The first-order valence-corrected chi connectivity index (χ1v) is 12.0. The van der Waals surface area contributed by atoms with Gasteiger partial charge in [-0.2, -0.15) is 0 Å². The molecule has 0 saturated carbocycles.